The number of aryl methyl sites for hydroxylation is 1. The molecule has 116 valence electrons. The van der Waals surface area contributed by atoms with Gasteiger partial charge in [-0.05, 0) is 48.1 Å². The highest BCUT2D eigenvalue weighted by Crippen LogP contribution is 2.33. The second-order valence-corrected chi connectivity index (χ2v) is 6.17. The van der Waals surface area contributed by atoms with Crippen LogP contribution in [0.3, 0.4) is 0 Å². The standard InChI is InChI=1S/C14H23N5O2/c1-10-16-13(19(20)21)14(17(10)2)18-8-4-5-11(9-18)12-6-3-7-15-12/h11-12,15H,3-9H2,1-2H3. The minimum atomic E-state index is -0.361. The second-order valence-electron chi connectivity index (χ2n) is 6.17. The van der Waals surface area contributed by atoms with Gasteiger partial charge in [0.15, 0.2) is 0 Å². The largest absolute Gasteiger partial charge is 0.406 e. The first-order valence-corrected chi connectivity index (χ1v) is 7.74. The van der Waals surface area contributed by atoms with E-state index in [1.807, 2.05) is 18.5 Å². The van der Waals surface area contributed by atoms with Crippen LogP contribution in [0, 0.1) is 23.0 Å². The van der Waals surface area contributed by atoms with Gasteiger partial charge in [-0.15, -0.1) is 0 Å². The number of anilines is 1. The van der Waals surface area contributed by atoms with Crippen LogP contribution in [0.1, 0.15) is 31.5 Å². The van der Waals surface area contributed by atoms with Gasteiger partial charge in [0.2, 0.25) is 11.6 Å². The van der Waals surface area contributed by atoms with E-state index in [0.717, 1.165) is 26.1 Å². The Morgan fingerprint density at radius 2 is 2.19 bits per heavy atom. The summed E-state index contributed by atoms with van der Waals surface area (Å²) in [4.78, 5) is 17.2. The van der Waals surface area contributed by atoms with E-state index >= 15 is 0 Å². The monoisotopic (exact) mass is 293 g/mol. The van der Waals surface area contributed by atoms with Gasteiger partial charge < -0.3 is 20.3 Å². The zero-order chi connectivity index (χ0) is 15.0. The first-order valence-electron chi connectivity index (χ1n) is 7.74. The Morgan fingerprint density at radius 1 is 1.38 bits per heavy atom. The van der Waals surface area contributed by atoms with Crippen LogP contribution in [0.25, 0.3) is 0 Å². The van der Waals surface area contributed by atoms with Gasteiger partial charge in [-0.3, -0.25) is 4.57 Å². The van der Waals surface area contributed by atoms with Crippen molar-refractivity contribution in [2.45, 2.75) is 38.6 Å². The van der Waals surface area contributed by atoms with E-state index < -0.39 is 0 Å². The van der Waals surface area contributed by atoms with Crippen LogP contribution in [-0.2, 0) is 7.05 Å². The lowest BCUT2D eigenvalue weighted by molar-refractivity contribution is -0.388. The van der Waals surface area contributed by atoms with Gasteiger partial charge in [0.25, 0.3) is 0 Å². The third-order valence-electron chi connectivity index (χ3n) is 4.87. The number of nitrogens with zero attached hydrogens (tertiary/aromatic N) is 4. The molecule has 1 N–H and O–H groups in total. The fourth-order valence-corrected chi connectivity index (χ4v) is 3.70. The van der Waals surface area contributed by atoms with Gasteiger partial charge in [-0.2, -0.15) is 0 Å². The fraction of sp³-hybridized carbons (Fsp3) is 0.786. The van der Waals surface area contributed by atoms with Crippen LogP contribution < -0.4 is 10.2 Å². The zero-order valence-corrected chi connectivity index (χ0v) is 12.7. The van der Waals surface area contributed by atoms with Gasteiger partial charge in [0.1, 0.15) is 0 Å². The van der Waals surface area contributed by atoms with E-state index in [-0.39, 0.29) is 10.7 Å². The molecule has 0 saturated carbocycles. The topological polar surface area (TPSA) is 76.2 Å². The molecule has 0 amide bonds. The van der Waals surface area contributed by atoms with Crippen molar-refractivity contribution in [1.82, 2.24) is 14.9 Å². The Balaban J connectivity index is 1.84. The molecular formula is C14H23N5O2. The lowest BCUT2D eigenvalue weighted by Crippen LogP contribution is -2.44. The molecule has 0 spiro atoms. The van der Waals surface area contributed by atoms with Crippen LogP contribution in [0.5, 0.6) is 0 Å². The number of hydrogen-bond acceptors (Lipinski definition) is 5. The van der Waals surface area contributed by atoms with Crippen molar-refractivity contribution < 1.29 is 4.92 Å². The number of rotatable bonds is 3. The molecule has 2 aliphatic heterocycles. The van der Waals surface area contributed by atoms with E-state index in [4.69, 9.17) is 0 Å². The molecule has 7 heteroatoms. The third-order valence-corrected chi connectivity index (χ3v) is 4.87. The molecule has 2 saturated heterocycles. The molecule has 2 aliphatic rings. The number of piperidine rings is 1. The summed E-state index contributed by atoms with van der Waals surface area (Å²) < 4.78 is 1.85. The Morgan fingerprint density at radius 3 is 2.86 bits per heavy atom. The number of imidazole rings is 1. The SMILES string of the molecule is Cc1nc([N+](=O)[O-])c(N2CCCC(C3CCCN3)C2)n1C. The predicted molar refractivity (Wildman–Crippen MR) is 80.6 cm³/mol. The van der Waals surface area contributed by atoms with Gasteiger partial charge in [-0.1, -0.05) is 0 Å². The van der Waals surface area contributed by atoms with Gasteiger partial charge in [0.05, 0.1) is 0 Å². The second kappa shape index (κ2) is 5.63. The lowest BCUT2D eigenvalue weighted by Gasteiger charge is -2.36. The average Bonchev–Trinajstić information content (AvgIpc) is 3.09. The summed E-state index contributed by atoms with van der Waals surface area (Å²) >= 11 is 0. The number of hydrogen-bond donors (Lipinski definition) is 1. The number of nitro groups is 1. The molecule has 2 unspecified atom stereocenters. The molecule has 0 bridgehead atoms. The Kier molecular flexibility index (Phi) is 3.84. The quantitative estimate of drug-likeness (QED) is 0.677. The highest BCUT2D eigenvalue weighted by molar-refractivity contribution is 5.56. The molecule has 0 radical (unpaired) electrons. The minimum Gasteiger partial charge on any atom is -0.358 e. The van der Waals surface area contributed by atoms with Crippen LogP contribution in [0.15, 0.2) is 0 Å². The minimum absolute atomic E-state index is 0.00460. The summed E-state index contributed by atoms with van der Waals surface area (Å²) in [5.41, 5.74) is 0. The van der Waals surface area contributed by atoms with Crippen molar-refractivity contribution >= 4 is 11.6 Å². The molecule has 2 fully saturated rings. The van der Waals surface area contributed by atoms with E-state index in [2.05, 4.69) is 15.2 Å². The highest BCUT2D eigenvalue weighted by atomic mass is 16.6. The summed E-state index contributed by atoms with van der Waals surface area (Å²) in [6, 6.07) is 0.571. The Labute approximate surface area is 124 Å². The maximum absolute atomic E-state index is 11.3. The molecule has 21 heavy (non-hydrogen) atoms. The van der Waals surface area contributed by atoms with Gasteiger partial charge in [-0.25, -0.2) is 0 Å². The van der Waals surface area contributed by atoms with Crippen LogP contribution in [-0.4, -0.2) is 40.2 Å². The van der Waals surface area contributed by atoms with Crippen molar-refractivity contribution in [3.63, 3.8) is 0 Å². The lowest BCUT2D eigenvalue weighted by atomic mass is 9.90. The molecule has 1 aromatic heterocycles. The van der Waals surface area contributed by atoms with Crippen molar-refractivity contribution in [1.29, 1.82) is 0 Å². The first-order chi connectivity index (χ1) is 10.1. The summed E-state index contributed by atoms with van der Waals surface area (Å²) in [5, 5.41) is 14.8. The molecule has 3 heterocycles. The first kappa shape index (κ1) is 14.3. The van der Waals surface area contributed by atoms with E-state index in [0.29, 0.717) is 23.6 Å². The number of aromatic nitrogens is 2. The average molecular weight is 293 g/mol. The maximum Gasteiger partial charge on any atom is 0.406 e. The Bertz CT molecular complexity index is 536. The van der Waals surface area contributed by atoms with E-state index in [9.17, 15) is 10.1 Å². The highest BCUT2D eigenvalue weighted by Gasteiger charge is 2.34. The van der Waals surface area contributed by atoms with Crippen LogP contribution in [0.2, 0.25) is 0 Å². The van der Waals surface area contributed by atoms with E-state index in [1.165, 1.54) is 19.3 Å². The summed E-state index contributed by atoms with van der Waals surface area (Å²) in [5.74, 6) is 1.93. The predicted octanol–water partition coefficient (Wildman–Crippen LogP) is 1.61. The summed E-state index contributed by atoms with van der Waals surface area (Å²) in [7, 11) is 1.86. The molecular weight excluding hydrogens is 270 g/mol. The molecule has 3 rings (SSSR count). The molecule has 0 aliphatic carbocycles. The fourth-order valence-electron chi connectivity index (χ4n) is 3.70. The molecule has 7 nitrogen and oxygen atoms in total. The third kappa shape index (κ3) is 2.62. The van der Waals surface area contributed by atoms with Crippen LogP contribution >= 0.6 is 0 Å². The normalized spacial score (nSPS) is 26.3. The Hall–Kier alpha value is -1.63. The van der Waals surface area contributed by atoms with Crippen molar-refractivity contribution in [2.75, 3.05) is 24.5 Å². The zero-order valence-electron chi connectivity index (χ0n) is 12.7. The van der Waals surface area contributed by atoms with E-state index in [1.54, 1.807) is 0 Å². The maximum atomic E-state index is 11.3. The molecule has 1 aromatic rings. The molecule has 2 atom stereocenters. The van der Waals surface area contributed by atoms with Crippen molar-refractivity contribution in [3.8, 4) is 0 Å². The van der Waals surface area contributed by atoms with Gasteiger partial charge in [0, 0.05) is 33.1 Å². The van der Waals surface area contributed by atoms with Crippen molar-refractivity contribution in [2.24, 2.45) is 13.0 Å². The summed E-state index contributed by atoms with van der Waals surface area (Å²) in [6.45, 7) is 4.68. The summed E-state index contributed by atoms with van der Waals surface area (Å²) in [6.07, 6.45) is 4.76. The van der Waals surface area contributed by atoms with Crippen LogP contribution in [0.4, 0.5) is 11.6 Å². The smallest absolute Gasteiger partial charge is 0.358 e. The number of nitrogens with one attached hydrogen (secondary N) is 1. The van der Waals surface area contributed by atoms with Gasteiger partial charge >= 0.3 is 5.82 Å². The van der Waals surface area contributed by atoms with Crippen molar-refractivity contribution in [3.05, 3.63) is 15.9 Å². The molecule has 0 aromatic carbocycles.